The Balaban J connectivity index is 3.18. The maximum atomic E-state index is 11.7. The maximum absolute atomic E-state index is 11.7. The van der Waals surface area contributed by atoms with Crippen molar-refractivity contribution in [2.45, 2.75) is 17.9 Å². The van der Waals surface area contributed by atoms with E-state index in [-0.39, 0.29) is 15.5 Å². The predicted molar refractivity (Wildman–Crippen MR) is 68.2 cm³/mol. The van der Waals surface area contributed by atoms with Gasteiger partial charge in [0.15, 0.2) is 6.10 Å². The summed E-state index contributed by atoms with van der Waals surface area (Å²) in [5.74, 6) is -0.793. The first-order valence-corrected chi connectivity index (χ1v) is 7.01. The van der Waals surface area contributed by atoms with Gasteiger partial charge < -0.3 is 4.74 Å². The van der Waals surface area contributed by atoms with Crippen molar-refractivity contribution in [3.63, 3.8) is 0 Å². The van der Waals surface area contributed by atoms with Crippen LogP contribution in [0.4, 0.5) is 0 Å². The minimum Gasteiger partial charge on any atom is -0.444 e. The van der Waals surface area contributed by atoms with Crippen LogP contribution in [0.1, 0.15) is 17.3 Å². The van der Waals surface area contributed by atoms with E-state index in [9.17, 15) is 13.2 Å². The van der Waals surface area contributed by atoms with Crippen molar-refractivity contribution in [2.75, 3.05) is 7.05 Å². The van der Waals surface area contributed by atoms with Gasteiger partial charge in [0.25, 0.3) is 0 Å². The van der Waals surface area contributed by atoms with Gasteiger partial charge in [-0.05, 0) is 32.2 Å². The fraction of sp³-hybridized carbons (Fsp3) is 0.273. The molecule has 102 valence electrons. The van der Waals surface area contributed by atoms with E-state index in [1.54, 1.807) is 6.07 Å². The number of esters is 1. The van der Waals surface area contributed by atoms with Gasteiger partial charge >= 0.3 is 5.97 Å². The molecule has 0 saturated heterocycles. The van der Waals surface area contributed by atoms with Crippen LogP contribution in [0.15, 0.2) is 23.1 Å². The van der Waals surface area contributed by atoms with Crippen molar-refractivity contribution in [2.24, 2.45) is 0 Å². The molecule has 0 radical (unpaired) electrons. The number of ether oxygens (including phenoxy) is 1. The Labute approximate surface area is 116 Å². The van der Waals surface area contributed by atoms with Crippen LogP contribution in [0.3, 0.4) is 0 Å². The monoisotopic (exact) mass is 302 g/mol. The van der Waals surface area contributed by atoms with Crippen LogP contribution in [0, 0.1) is 11.3 Å². The van der Waals surface area contributed by atoms with Gasteiger partial charge in [-0.1, -0.05) is 11.6 Å². The second-order valence-electron chi connectivity index (χ2n) is 3.53. The summed E-state index contributed by atoms with van der Waals surface area (Å²) in [6.07, 6.45) is -0.924. The molecule has 0 fully saturated rings. The Bertz CT molecular complexity index is 637. The maximum Gasteiger partial charge on any atom is 0.339 e. The lowest BCUT2D eigenvalue weighted by atomic mass is 10.2. The van der Waals surface area contributed by atoms with E-state index in [1.165, 1.54) is 26.1 Å². The first-order valence-electron chi connectivity index (χ1n) is 5.15. The molecule has 0 heterocycles. The van der Waals surface area contributed by atoms with Crippen molar-refractivity contribution >= 4 is 27.6 Å². The molecule has 0 saturated carbocycles. The molecule has 1 atom stereocenters. The standard InChI is InChI=1S/C11H11ClN2O4S/c1-7(6-13)18-11(15)8-3-4-9(12)10(5-8)19(16,17)14-2/h3-5,7,14H,1-2H3/t7-/m1/s1. The summed E-state index contributed by atoms with van der Waals surface area (Å²) in [4.78, 5) is 11.4. The average Bonchev–Trinajstić information content (AvgIpc) is 2.38. The highest BCUT2D eigenvalue weighted by molar-refractivity contribution is 7.89. The molecule has 0 aliphatic rings. The number of nitriles is 1. The van der Waals surface area contributed by atoms with Crippen LogP contribution < -0.4 is 4.72 Å². The first kappa shape index (κ1) is 15.4. The lowest BCUT2D eigenvalue weighted by Gasteiger charge is -2.09. The molecule has 0 aliphatic heterocycles. The van der Waals surface area contributed by atoms with Crippen molar-refractivity contribution in [1.82, 2.24) is 4.72 Å². The van der Waals surface area contributed by atoms with Crippen LogP contribution in [-0.4, -0.2) is 27.5 Å². The van der Waals surface area contributed by atoms with E-state index in [4.69, 9.17) is 21.6 Å². The number of carbonyl (C=O) groups is 1. The van der Waals surface area contributed by atoms with E-state index in [0.717, 1.165) is 6.07 Å². The number of benzene rings is 1. The average molecular weight is 303 g/mol. The van der Waals surface area contributed by atoms with Gasteiger partial charge in [0.2, 0.25) is 10.0 Å². The fourth-order valence-electron chi connectivity index (χ4n) is 1.20. The van der Waals surface area contributed by atoms with E-state index >= 15 is 0 Å². The summed E-state index contributed by atoms with van der Waals surface area (Å²) >= 11 is 5.77. The molecule has 0 aliphatic carbocycles. The number of hydrogen-bond donors (Lipinski definition) is 1. The van der Waals surface area contributed by atoms with Crippen molar-refractivity contribution in [3.05, 3.63) is 28.8 Å². The number of nitrogens with one attached hydrogen (secondary N) is 1. The molecule has 6 nitrogen and oxygen atoms in total. The Morgan fingerprint density at radius 2 is 2.16 bits per heavy atom. The van der Waals surface area contributed by atoms with Gasteiger partial charge in [-0.25, -0.2) is 17.9 Å². The number of halogens is 1. The zero-order valence-electron chi connectivity index (χ0n) is 10.2. The second kappa shape index (κ2) is 6.02. The summed E-state index contributed by atoms with van der Waals surface area (Å²) in [5.41, 5.74) is 0.000301. The van der Waals surface area contributed by atoms with E-state index < -0.39 is 22.1 Å². The quantitative estimate of drug-likeness (QED) is 0.846. The van der Waals surface area contributed by atoms with Gasteiger partial charge in [-0.15, -0.1) is 0 Å². The van der Waals surface area contributed by atoms with Gasteiger partial charge in [-0.3, -0.25) is 0 Å². The van der Waals surface area contributed by atoms with Crippen LogP contribution in [0.2, 0.25) is 5.02 Å². The Morgan fingerprint density at radius 1 is 1.53 bits per heavy atom. The summed E-state index contributed by atoms with van der Waals surface area (Å²) in [6, 6.07) is 5.43. The zero-order chi connectivity index (χ0) is 14.6. The largest absolute Gasteiger partial charge is 0.444 e. The van der Waals surface area contributed by atoms with Gasteiger partial charge in [0.1, 0.15) is 11.0 Å². The fourth-order valence-corrected chi connectivity index (χ4v) is 2.45. The number of rotatable bonds is 4. The van der Waals surface area contributed by atoms with Crippen molar-refractivity contribution in [3.8, 4) is 6.07 Å². The SMILES string of the molecule is CNS(=O)(=O)c1cc(C(=O)O[C@H](C)C#N)ccc1Cl. The molecular formula is C11H11ClN2O4S. The highest BCUT2D eigenvalue weighted by Gasteiger charge is 2.19. The predicted octanol–water partition coefficient (Wildman–Crippen LogP) is 1.32. The first-order chi connectivity index (χ1) is 8.81. The number of sulfonamides is 1. The van der Waals surface area contributed by atoms with E-state index in [2.05, 4.69) is 4.72 Å². The van der Waals surface area contributed by atoms with Crippen molar-refractivity contribution in [1.29, 1.82) is 5.26 Å². The van der Waals surface area contributed by atoms with E-state index in [1.807, 2.05) is 0 Å². The highest BCUT2D eigenvalue weighted by atomic mass is 35.5. The third-order valence-corrected chi connectivity index (χ3v) is 4.09. The minimum atomic E-state index is -3.77. The Hall–Kier alpha value is -1.62. The number of hydrogen-bond acceptors (Lipinski definition) is 5. The molecule has 0 spiro atoms. The normalized spacial score (nSPS) is 12.5. The lowest BCUT2D eigenvalue weighted by Crippen LogP contribution is -2.20. The smallest absolute Gasteiger partial charge is 0.339 e. The molecule has 1 N–H and O–H groups in total. The molecule has 0 bridgehead atoms. The summed E-state index contributed by atoms with van der Waals surface area (Å²) in [6.45, 7) is 1.40. The Morgan fingerprint density at radius 3 is 2.68 bits per heavy atom. The van der Waals surface area contributed by atoms with Crippen LogP contribution in [0.5, 0.6) is 0 Å². The van der Waals surface area contributed by atoms with Gasteiger partial charge in [0, 0.05) is 0 Å². The van der Waals surface area contributed by atoms with Crippen molar-refractivity contribution < 1.29 is 17.9 Å². The number of nitrogens with zero attached hydrogens (tertiary/aromatic N) is 1. The zero-order valence-corrected chi connectivity index (χ0v) is 11.7. The van der Waals surface area contributed by atoms with E-state index in [0.29, 0.717) is 0 Å². The molecule has 8 heteroatoms. The molecule has 0 unspecified atom stereocenters. The third kappa shape index (κ3) is 3.67. The molecular weight excluding hydrogens is 292 g/mol. The molecule has 1 aromatic carbocycles. The molecule has 1 aromatic rings. The third-order valence-electron chi connectivity index (χ3n) is 2.19. The van der Waals surface area contributed by atoms with Gasteiger partial charge in [-0.2, -0.15) is 5.26 Å². The molecule has 0 aromatic heterocycles. The summed E-state index contributed by atoms with van der Waals surface area (Å²) in [5, 5.41) is 8.53. The summed E-state index contributed by atoms with van der Waals surface area (Å²) in [7, 11) is -2.54. The topological polar surface area (TPSA) is 96.3 Å². The number of carbonyl (C=O) groups excluding carboxylic acids is 1. The molecule has 0 amide bonds. The van der Waals surface area contributed by atoms with Crippen LogP contribution in [-0.2, 0) is 14.8 Å². The summed E-state index contributed by atoms with van der Waals surface area (Å²) < 4.78 is 30.2. The highest BCUT2D eigenvalue weighted by Crippen LogP contribution is 2.22. The minimum absolute atomic E-state index is 0.000301. The molecule has 19 heavy (non-hydrogen) atoms. The van der Waals surface area contributed by atoms with Crippen LogP contribution >= 0.6 is 11.6 Å². The second-order valence-corrected chi connectivity index (χ2v) is 5.79. The Kier molecular flexibility index (Phi) is 4.89. The van der Waals surface area contributed by atoms with Gasteiger partial charge in [0.05, 0.1) is 10.6 Å². The molecule has 1 rings (SSSR count). The lowest BCUT2D eigenvalue weighted by molar-refractivity contribution is 0.0435. The van der Waals surface area contributed by atoms with Crippen LogP contribution in [0.25, 0.3) is 0 Å².